The van der Waals surface area contributed by atoms with Crippen molar-refractivity contribution in [3.05, 3.63) is 69.9 Å². The van der Waals surface area contributed by atoms with Gasteiger partial charge in [-0.05, 0) is 132 Å². The molecule has 0 unspecified atom stereocenters. The Labute approximate surface area is 213 Å². The molecule has 0 rings (SSSR count). The number of hydrogen-bond acceptors (Lipinski definition) is 1. The van der Waals surface area contributed by atoms with Crippen molar-refractivity contribution in [1.82, 2.24) is 0 Å². The van der Waals surface area contributed by atoms with Gasteiger partial charge in [0.15, 0.2) is 0 Å². The Morgan fingerprint density at radius 3 is 1.15 bits per heavy atom. The van der Waals surface area contributed by atoms with Gasteiger partial charge in [0.25, 0.3) is 0 Å². The lowest BCUT2D eigenvalue weighted by Gasteiger charge is -2.13. The number of allylic oxidation sites excluding steroid dienone is 12. The van der Waals surface area contributed by atoms with Crippen LogP contribution in [0.5, 0.6) is 0 Å². The van der Waals surface area contributed by atoms with Crippen molar-refractivity contribution in [3.8, 4) is 0 Å². The first kappa shape index (κ1) is 32.4. The number of hydrogen-bond donors (Lipinski definition) is 1. The summed E-state index contributed by atoms with van der Waals surface area (Å²) in [4.78, 5) is 0. The topological polar surface area (TPSA) is 20.2 Å². The zero-order valence-corrected chi connectivity index (χ0v) is 24.0. The SMILES string of the molecule is CC(C)=CCC/C(C)=C/CC/C(C)=C/CC(C/C=C(\C)CC/C=C(\C)CCC=C(C)C)CCO. The second-order valence-corrected chi connectivity index (χ2v) is 10.8. The van der Waals surface area contributed by atoms with Gasteiger partial charge in [-0.1, -0.05) is 69.9 Å². The Hall–Kier alpha value is -1.60. The summed E-state index contributed by atoms with van der Waals surface area (Å²) in [5.74, 6) is 0.539. The predicted octanol–water partition coefficient (Wildman–Crippen LogP) is 10.6. The third-order valence-corrected chi connectivity index (χ3v) is 6.38. The van der Waals surface area contributed by atoms with Gasteiger partial charge in [-0.2, -0.15) is 0 Å². The molecular formula is C33H56O. The highest BCUT2D eigenvalue weighted by atomic mass is 16.3. The molecule has 0 aromatic heterocycles. The fraction of sp³-hybridized carbons (Fsp3) is 0.636. The molecular weight excluding hydrogens is 412 g/mol. The molecule has 1 N–H and O–H groups in total. The molecule has 0 bridgehead atoms. The second kappa shape index (κ2) is 20.7. The number of aliphatic hydroxyl groups excluding tert-OH is 1. The van der Waals surface area contributed by atoms with Crippen molar-refractivity contribution in [2.24, 2.45) is 5.92 Å². The van der Waals surface area contributed by atoms with Crippen LogP contribution in [0.1, 0.15) is 126 Å². The molecule has 34 heavy (non-hydrogen) atoms. The maximum Gasteiger partial charge on any atom is 0.0433 e. The van der Waals surface area contributed by atoms with E-state index in [0.717, 1.165) is 57.8 Å². The Kier molecular flexibility index (Phi) is 19.8. The van der Waals surface area contributed by atoms with E-state index in [1.54, 1.807) is 0 Å². The van der Waals surface area contributed by atoms with E-state index >= 15 is 0 Å². The molecule has 0 amide bonds. The molecule has 0 aromatic carbocycles. The molecule has 0 saturated heterocycles. The van der Waals surface area contributed by atoms with Crippen LogP contribution >= 0.6 is 0 Å². The smallest absolute Gasteiger partial charge is 0.0433 e. The van der Waals surface area contributed by atoms with Crippen molar-refractivity contribution in [2.45, 2.75) is 126 Å². The number of aliphatic hydroxyl groups is 1. The van der Waals surface area contributed by atoms with Gasteiger partial charge in [0.2, 0.25) is 0 Å². The van der Waals surface area contributed by atoms with Crippen LogP contribution in [-0.2, 0) is 0 Å². The third kappa shape index (κ3) is 21.0. The lowest BCUT2D eigenvalue weighted by Crippen LogP contribution is -2.01. The fourth-order valence-electron chi connectivity index (χ4n) is 3.93. The molecule has 0 radical (unpaired) electrons. The monoisotopic (exact) mass is 468 g/mol. The minimum Gasteiger partial charge on any atom is -0.396 e. The van der Waals surface area contributed by atoms with E-state index in [2.05, 4.69) is 91.8 Å². The van der Waals surface area contributed by atoms with Crippen molar-refractivity contribution in [2.75, 3.05) is 6.61 Å². The van der Waals surface area contributed by atoms with E-state index in [9.17, 15) is 5.11 Å². The standard InChI is InChI=1S/C33H56O/c1-27(2)13-9-15-29(5)17-11-19-31(7)21-23-33(25-26-34)24-22-32(8)20-12-18-30(6)16-10-14-28(3)4/h13-14,17-18,21-22,33-34H,9-12,15-16,19-20,23-26H2,1-8H3/b29-17+,30-18+,31-21+,32-22+. The summed E-state index contributed by atoms with van der Waals surface area (Å²) in [6.45, 7) is 18.0. The van der Waals surface area contributed by atoms with Crippen molar-refractivity contribution in [3.63, 3.8) is 0 Å². The maximum absolute atomic E-state index is 9.52. The summed E-state index contributed by atoms with van der Waals surface area (Å²) in [7, 11) is 0. The molecule has 0 aliphatic heterocycles. The van der Waals surface area contributed by atoms with Gasteiger partial charge in [0.1, 0.15) is 0 Å². The van der Waals surface area contributed by atoms with E-state index in [1.165, 1.54) is 46.3 Å². The van der Waals surface area contributed by atoms with Crippen LogP contribution in [0.4, 0.5) is 0 Å². The zero-order chi connectivity index (χ0) is 25.8. The predicted molar refractivity (Wildman–Crippen MR) is 155 cm³/mol. The van der Waals surface area contributed by atoms with Gasteiger partial charge in [0.05, 0.1) is 0 Å². The second-order valence-electron chi connectivity index (χ2n) is 10.8. The van der Waals surface area contributed by atoms with Crippen LogP contribution in [0.2, 0.25) is 0 Å². The summed E-state index contributed by atoms with van der Waals surface area (Å²) >= 11 is 0. The highest BCUT2D eigenvalue weighted by Crippen LogP contribution is 2.20. The van der Waals surface area contributed by atoms with Gasteiger partial charge in [-0.15, -0.1) is 0 Å². The molecule has 0 aliphatic rings. The van der Waals surface area contributed by atoms with Crippen molar-refractivity contribution < 1.29 is 5.11 Å². The quantitative estimate of drug-likeness (QED) is 0.198. The molecule has 1 heteroatoms. The van der Waals surface area contributed by atoms with Gasteiger partial charge < -0.3 is 5.11 Å². The first-order valence-electron chi connectivity index (χ1n) is 13.6. The Morgan fingerprint density at radius 2 is 0.824 bits per heavy atom. The Balaban J connectivity index is 4.46. The molecule has 0 heterocycles. The molecule has 1 nitrogen and oxygen atoms in total. The van der Waals surface area contributed by atoms with Crippen LogP contribution in [0.3, 0.4) is 0 Å². The summed E-state index contributed by atoms with van der Waals surface area (Å²) in [5, 5.41) is 9.52. The van der Waals surface area contributed by atoms with Crippen LogP contribution in [0.25, 0.3) is 0 Å². The molecule has 0 atom stereocenters. The van der Waals surface area contributed by atoms with Gasteiger partial charge in [-0.3, -0.25) is 0 Å². The van der Waals surface area contributed by atoms with Crippen molar-refractivity contribution in [1.29, 1.82) is 0 Å². The van der Waals surface area contributed by atoms with Crippen LogP contribution in [-0.4, -0.2) is 11.7 Å². The first-order chi connectivity index (χ1) is 16.1. The highest BCUT2D eigenvalue weighted by molar-refractivity contribution is 5.07. The average molecular weight is 469 g/mol. The lowest BCUT2D eigenvalue weighted by atomic mass is 9.94. The Bertz CT molecular complexity index is 656. The molecule has 0 aliphatic carbocycles. The minimum atomic E-state index is 0.283. The highest BCUT2D eigenvalue weighted by Gasteiger charge is 2.06. The van der Waals surface area contributed by atoms with Crippen LogP contribution < -0.4 is 0 Å². The fourth-order valence-corrected chi connectivity index (χ4v) is 3.93. The number of rotatable bonds is 18. The minimum absolute atomic E-state index is 0.283. The third-order valence-electron chi connectivity index (χ3n) is 6.38. The van der Waals surface area contributed by atoms with E-state index < -0.39 is 0 Å². The van der Waals surface area contributed by atoms with Crippen LogP contribution in [0, 0.1) is 5.92 Å². The summed E-state index contributed by atoms with van der Waals surface area (Å²) in [5.41, 5.74) is 8.78. The lowest BCUT2D eigenvalue weighted by molar-refractivity contribution is 0.257. The molecule has 0 aromatic rings. The summed E-state index contributed by atoms with van der Waals surface area (Å²) in [6.07, 6.45) is 26.5. The normalized spacial score (nSPS) is 14.3. The van der Waals surface area contributed by atoms with Crippen molar-refractivity contribution >= 4 is 0 Å². The van der Waals surface area contributed by atoms with E-state index in [-0.39, 0.29) is 6.61 Å². The van der Waals surface area contributed by atoms with Crippen LogP contribution in [0.15, 0.2) is 69.9 Å². The van der Waals surface area contributed by atoms with Gasteiger partial charge in [-0.25, -0.2) is 0 Å². The summed E-state index contributed by atoms with van der Waals surface area (Å²) < 4.78 is 0. The van der Waals surface area contributed by atoms with Gasteiger partial charge >= 0.3 is 0 Å². The summed E-state index contributed by atoms with van der Waals surface area (Å²) in [6, 6.07) is 0. The average Bonchev–Trinajstić information content (AvgIpc) is 2.75. The Morgan fingerprint density at radius 1 is 0.500 bits per heavy atom. The molecule has 0 saturated carbocycles. The van der Waals surface area contributed by atoms with E-state index in [4.69, 9.17) is 0 Å². The molecule has 194 valence electrons. The van der Waals surface area contributed by atoms with E-state index in [0.29, 0.717) is 5.92 Å². The van der Waals surface area contributed by atoms with Gasteiger partial charge in [0, 0.05) is 6.61 Å². The van der Waals surface area contributed by atoms with E-state index in [1.807, 2.05) is 0 Å². The molecule has 0 fully saturated rings. The molecule has 0 spiro atoms. The first-order valence-corrected chi connectivity index (χ1v) is 13.6. The zero-order valence-electron chi connectivity index (χ0n) is 24.0. The largest absolute Gasteiger partial charge is 0.396 e. The maximum atomic E-state index is 9.52.